The maximum Gasteiger partial charge on any atom is 0.284 e. The number of hydrogen-bond donors (Lipinski definition) is 1. The predicted molar refractivity (Wildman–Crippen MR) is 69.0 cm³/mol. The molecule has 0 unspecified atom stereocenters. The fourth-order valence-electron chi connectivity index (χ4n) is 1.33. The number of nitrogens with one attached hydrogen (secondary N) is 1. The summed E-state index contributed by atoms with van der Waals surface area (Å²) in [7, 11) is 0. The van der Waals surface area contributed by atoms with E-state index in [1.165, 1.54) is 18.2 Å². The molecule has 92 valence electrons. The molecule has 0 aliphatic heterocycles. The first-order valence-corrected chi connectivity index (χ1v) is 5.90. The van der Waals surface area contributed by atoms with Gasteiger partial charge in [-0.25, -0.2) is 4.39 Å². The Kier molecular flexibility index (Phi) is 3.78. The number of benzene rings is 2. The van der Waals surface area contributed by atoms with Gasteiger partial charge in [-0.15, -0.1) is 0 Å². The van der Waals surface area contributed by atoms with Crippen LogP contribution in [0.15, 0.2) is 53.4 Å². The molecular weight excluding hydrogens is 255 g/mol. The van der Waals surface area contributed by atoms with Crippen LogP contribution in [0, 0.1) is 15.9 Å². The molecule has 0 saturated carbocycles. The smallest absolute Gasteiger partial charge is 0.284 e. The molecule has 0 radical (unpaired) electrons. The predicted octanol–water partition coefficient (Wildman–Crippen LogP) is 3.85. The van der Waals surface area contributed by atoms with Crippen LogP contribution in [0.25, 0.3) is 0 Å². The number of hydrogen-bond acceptors (Lipinski definition) is 4. The molecule has 0 amide bonds. The lowest BCUT2D eigenvalue weighted by molar-refractivity contribution is -0.387. The molecule has 2 aromatic carbocycles. The van der Waals surface area contributed by atoms with E-state index >= 15 is 0 Å². The normalized spacial score (nSPS) is 10.1. The third-order valence-corrected chi connectivity index (χ3v) is 3.09. The molecule has 0 atom stereocenters. The van der Waals surface area contributed by atoms with Crippen molar-refractivity contribution >= 4 is 23.3 Å². The number of nitrogens with zero attached hydrogens (tertiary/aromatic N) is 1. The fourth-order valence-corrected chi connectivity index (χ4v) is 2.08. The summed E-state index contributed by atoms with van der Waals surface area (Å²) in [6, 6.07) is 12.2. The Balaban J connectivity index is 2.10. The van der Waals surface area contributed by atoms with E-state index in [2.05, 4.69) is 4.72 Å². The van der Waals surface area contributed by atoms with Gasteiger partial charge in [0.15, 0.2) is 0 Å². The molecule has 0 saturated heterocycles. The number of anilines is 1. The summed E-state index contributed by atoms with van der Waals surface area (Å²) in [6.07, 6.45) is 0. The quantitative estimate of drug-likeness (QED) is 0.517. The summed E-state index contributed by atoms with van der Waals surface area (Å²) in [4.78, 5) is 10.9. The zero-order valence-corrected chi connectivity index (χ0v) is 9.99. The van der Waals surface area contributed by atoms with Gasteiger partial charge in [0.2, 0.25) is 0 Å². The maximum absolute atomic E-state index is 12.7. The second kappa shape index (κ2) is 5.50. The van der Waals surface area contributed by atoms with Gasteiger partial charge in [-0.1, -0.05) is 12.1 Å². The van der Waals surface area contributed by atoms with Gasteiger partial charge in [-0.2, -0.15) is 0 Å². The van der Waals surface area contributed by atoms with E-state index in [1.54, 1.807) is 30.3 Å². The van der Waals surface area contributed by atoms with E-state index in [0.29, 0.717) is 10.6 Å². The number of rotatable bonds is 4. The zero-order valence-electron chi connectivity index (χ0n) is 9.17. The molecule has 18 heavy (non-hydrogen) atoms. The van der Waals surface area contributed by atoms with E-state index in [4.69, 9.17) is 0 Å². The first-order chi connectivity index (χ1) is 8.66. The Hall–Kier alpha value is -2.08. The van der Waals surface area contributed by atoms with Crippen LogP contribution in [0.4, 0.5) is 15.8 Å². The summed E-state index contributed by atoms with van der Waals surface area (Å²) in [5.74, 6) is -0.323. The van der Waals surface area contributed by atoms with E-state index in [1.807, 2.05) is 0 Å². The van der Waals surface area contributed by atoms with Crippen LogP contribution >= 0.6 is 11.9 Å². The van der Waals surface area contributed by atoms with Crippen molar-refractivity contribution in [2.75, 3.05) is 4.72 Å². The van der Waals surface area contributed by atoms with E-state index in [9.17, 15) is 14.5 Å². The van der Waals surface area contributed by atoms with Gasteiger partial charge >= 0.3 is 0 Å². The average molecular weight is 264 g/mol. The number of halogens is 1. The Bertz CT molecular complexity index is 560. The third kappa shape index (κ3) is 2.98. The van der Waals surface area contributed by atoms with Crippen molar-refractivity contribution < 1.29 is 9.31 Å². The van der Waals surface area contributed by atoms with Crippen molar-refractivity contribution in [1.29, 1.82) is 0 Å². The van der Waals surface area contributed by atoms with Crippen molar-refractivity contribution in [2.24, 2.45) is 0 Å². The van der Waals surface area contributed by atoms with Gasteiger partial charge < -0.3 is 4.72 Å². The van der Waals surface area contributed by atoms with Gasteiger partial charge in [0.05, 0.1) is 4.92 Å². The molecule has 2 rings (SSSR count). The number of para-hydroxylation sites is 1. The molecule has 0 spiro atoms. The summed E-state index contributed by atoms with van der Waals surface area (Å²) in [5.41, 5.74) is 0.719. The molecule has 0 aromatic heterocycles. The first kappa shape index (κ1) is 12.4. The van der Waals surface area contributed by atoms with Crippen LogP contribution in [-0.2, 0) is 0 Å². The summed E-state index contributed by atoms with van der Waals surface area (Å²) in [6.45, 7) is 0. The van der Waals surface area contributed by atoms with Crippen molar-refractivity contribution in [2.45, 2.75) is 4.90 Å². The molecule has 0 heterocycles. The van der Waals surface area contributed by atoms with Crippen molar-refractivity contribution in [3.05, 3.63) is 64.5 Å². The molecule has 0 bridgehead atoms. The molecule has 1 N–H and O–H groups in total. The minimum absolute atomic E-state index is 0.0390. The van der Waals surface area contributed by atoms with Gasteiger partial charge in [0.25, 0.3) is 5.69 Å². The molecule has 6 heteroatoms. The second-order valence-electron chi connectivity index (χ2n) is 3.44. The molecular formula is C12H9FN2O2S. The number of nitro benzene ring substituents is 1. The molecule has 0 aliphatic rings. The van der Waals surface area contributed by atoms with Crippen molar-refractivity contribution in [3.8, 4) is 0 Å². The highest BCUT2D eigenvalue weighted by atomic mass is 32.2. The zero-order chi connectivity index (χ0) is 13.0. The Morgan fingerprint density at radius 1 is 1.11 bits per heavy atom. The second-order valence-corrected chi connectivity index (χ2v) is 4.28. The SMILES string of the molecule is O=[N+]([O-])c1ccccc1SNc1ccc(F)cc1. The minimum atomic E-state index is -0.436. The van der Waals surface area contributed by atoms with Crippen LogP contribution in [-0.4, -0.2) is 4.92 Å². The van der Waals surface area contributed by atoms with Crippen molar-refractivity contribution in [1.82, 2.24) is 0 Å². The van der Waals surface area contributed by atoms with Crippen LogP contribution in [0.2, 0.25) is 0 Å². The summed E-state index contributed by atoms with van der Waals surface area (Å²) >= 11 is 1.12. The minimum Gasteiger partial charge on any atom is -0.325 e. The Labute approximate surface area is 107 Å². The van der Waals surface area contributed by atoms with E-state index < -0.39 is 4.92 Å². The molecule has 0 aliphatic carbocycles. The van der Waals surface area contributed by atoms with Crippen LogP contribution in [0.3, 0.4) is 0 Å². The van der Waals surface area contributed by atoms with E-state index in [0.717, 1.165) is 11.9 Å². The van der Waals surface area contributed by atoms with E-state index in [-0.39, 0.29) is 11.5 Å². The van der Waals surface area contributed by atoms with Gasteiger partial charge in [-0.05, 0) is 42.3 Å². The first-order valence-electron chi connectivity index (χ1n) is 5.08. The monoisotopic (exact) mass is 264 g/mol. The topological polar surface area (TPSA) is 55.2 Å². The van der Waals surface area contributed by atoms with Crippen molar-refractivity contribution in [3.63, 3.8) is 0 Å². The van der Waals surface area contributed by atoms with Crippen LogP contribution in [0.5, 0.6) is 0 Å². The van der Waals surface area contributed by atoms with Gasteiger partial charge in [0.1, 0.15) is 10.7 Å². The summed E-state index contributed by atoms with van der Waals surface area (Å²) in [5, 5.41) is 10.8. The number of nitro groups is 1. The van der Waals surface area contributed by atoms with Gasteiger partial charge in [-0.3, -0.25) is 10.1 Å². The third-order valence-electron chi connectivity index (χ3n) is 2.19. The van der Waals surface area contributed by atoms with Crippen LogP contribution < -0.4 is 4.72 Å². The lowest BCUT2D eigenvalue weighted by atomic mass is 10.3. The lowest BCUT2D eigenvalue weighted by Crippen LogP contribution is -1.93. The largest absolute Gasteiger partial charge is 0.325 e. The fraction of sp³-hybridized carbons (Fsp3) is 0. The highest BCUT2D eigenvalue weighted by Gasteiger charge is 2.12. The molecule has 0 fully saturated rings. The van der Waals surface area contributed by atoms with Gasteiger partial charge in [0, 0.05) is 11.8 Å². The lowest BCUT2D eigenvalue weighted by Gasteiger charge is -2.05. The standard InChI is InChI=1S/C12H9FN2O2S/c13-9-5-7-10(8-6-9)14-18-12-4-2-1-3-11(12)15(16)17/h1-8,14H. The average Bonchev–Trinajstić information content (AvgIpc) is 2.38. The molecule has 4 nitrogen and oxygen atoms in total. The Morgan fingerprint density at radius 2 is 1.78 bits per heavy atom. The highest BCUT2D eigenvalue weighted by molar-refractivity contribution is 8.00. The summed E-state index contributed by atoms with van der Waals surface area (Å²) < 4.78 is 15.6. The highest BCUT2D eigenvalue weighted by Crippen LogP contribution is 2.29. The van der Waals surface area contributed by atoms with Crippen LogP contribution in [0.1, 0.15) is 0 Å². The Morgan fingerprint density at radius 3 is 2.44 bits per heavy atom. The maximum atomic E-state index is 12.7. The molecule has 2 aromatic rings.